The highest BCUT2D eigenvalue weighted by Gasteiger charge is 2.10. The molecule has 0 saturated carbocycles. The number of rotatable bonds is 1. The monoisotopic (exact) mass is 207 g/mol. The summed E-state index contributed by atoms with van der Waals surface area (Å²) < 4.78 is 18.2. The van der Waals surface area contributed by atoms with Gasteiger partial charge < -0.3 is 16.2 Å². The van der Waals surface area contributed by atoms with Gasteiger partial charge in [-0.3, -0.25) is 4.98 Å². The normalized spacial score (nSPS) is 10.5. The van der Waals surface area contributed by atoms with Crippen molar-refractivity contribution in [2.45, 2.75) is 0 Å². The fourth-order valence-electron chi connectivity index (χ4n) is 1.43. The molecular formula is C10H10FN3O. The van der Waals surface area contributed by atoms with E-state index in [0.29, 0.717) is 28.0 Å². The van der Waals surface area contributed by atoms with E-state index in [-0.39, 0.29) is 0 Å². The summed E-state index contributed by atoms with van der Waals surface area (Å²) in [5, 5.41) is 0.465. The first kappa shape index (κ1) is 9.51. The van der Waals surface area contributed by atoms with E-state index in [9.17, 15) is 4.39 Å². The summed E-state index contributed by atoms with van der Waals surface area (Å²) in [6.07, 6.45) is 1.43. The number of ether oxygens (including phenoxy) is 1. The van der Waals surface area contributed by atoms with Crippen LogP contribution < -0.4 is 16.2 Å². The van der Waals surface area contributed by atoms with E-state index in [1.54, 1.807) is 0 Å². The summed E-state index contributed by atoms with van der Waals surface area (Å²) in [6, 6.07) is 2.54. The Bertz CT molecular complexity index is 528. The molecule has 0 atom stereocenters. The lowest BCUT2D eigenvalue weighted by molar-refractivity contribution is 0.415. The minimum atomic E-state index is -0.432. The average Bonchev–Trinajstić information content (AvgIpc) is 2.23. The molecule has 2 aromatic rings. The van der Waals surface area contributed by atoms with Crippen molar-refractivity contribution in [3.05, 3.63) is 24.1 Å². The zero-order valence-electron chi connectivity index (χ0n) is 8.12. The summed E-state index contributed by atoms with van der Waals surface area (Å²) >= 11 is 0. The molecule has 0 amide bonds. The quantitative estimate of drug-likeness (QED) is 0.743. The SMILES string of the molecule is COc1cc(F)cc2c(N)c(N)cnc12. The van der Waals surface area contributed by atoms with E-state index in [1.807, 2.05) is 0 Å². The fourth-order valence-corrected chi connectivity index (χ4v) is 1.43. The first-order valence-corrected chi connectivity index (χ1v) is 4.30. The lowest BCUT2D eigenvalue weighted by atomic mass is 10.1. The van der Waals surface area contributed by atoms with Gasteiger partial charge in [0.2, 0.25) is 0 Å². The van der Waals surface area contributed by atoms with Crippen molar-refractivity contribution >= 4 is 22.3 Å². The van der Waals surface area contributed by atoms with E-state index < -0.39 is 5.82 Å². The Labute approximate surface area is 85.7 Å². The maximum Gasteiger partial charge on any atom is 0.148 e. The third-order valence-electron chi connectivity index (χ3n) is 2.19. The standard InChI is InChI=1S/C10H10FN3O/c1-15-8-3-5(11)2-6-9(13)7(12)4-14-10(6)8/h2-4H,12H2,1H3,(H2,13,14). The lowest BCUT2D eigenvalue weighted by Crippen LogP contribution is -1.99. The van der Waals surface area contributed by atoms with Gasteiger partial charge in [-0.15, -0.1) is 0 Å². The zero-order chi connectivity index (χ0) is 11.0. The summed E-state index contributed by atoms with van der Waals surface area (Å²) in [5.41, 5.74) is 12.5. The number of nitrogens with zero attached hydrogens (tertiary/aromatic N) is 1. The predicted molar refractivity (Wildman–Crippen MR) is 57.1 cm³/mol. The molecule has 0 radical (unpaired) electrons. The van der Waals surface area contributed by atoms with Crippen molar-refractivity contribution in [1.82, 2.24) is 4.98 Å². The van der Waals surface area contributed by atoms with Gasteiger partial charge in [0.15, 0.2) is 0 Å². The van der Waals surface area contributed by atoms with Gasteiger partial charge >= 0.3 is 0 Å². The van der Waals surface area contributed by atoms with E-state index in [0.717, 1.165) is 0 Å². The molecule has 0 aliphatic rings. The first-order valence-electron chi connectivity index (χ1n) is 4.30. The number of anilines is 2. The Morgan fingerprint density at radius 2 is 2.07 bits per heavy atom. The number of hydrogen-bond donors (Lipinski definition) is 2. The second-order valence-electron chi connectivity index (χ2n) is 3.13. The van der Waals surface area contributed by atoms with Gasteiger partial charge in [-0.2, -0.15) is 0 Å². The summed E-state index contributed by atoms with van der Waals surface area (Å²) in [5.74, 6) is -0.0878. The number of aromatic nitrogens is 1. The largest absolute Gasteiger partial charge is 0.494 e. The molecule has 0 spiro atoms. The molecule has 0 bridgehead atoms. The van der Waals surface area contributed by atoms with Crippen LogP contribution in [0.25, 0.3) is 10.9 Å². The van der Waals surface area contributed by atoms with Gasteiger partial charge in [-0.05, 0) is 6.07 Å². The maximum absolute atomic E-state index is 13.2. The Balaban J connectivity index is 2.89. The van der Waals surface area contributed by atoms with Crippen LogP contribution in [0, 0.1) is 5.82 Å². The van der Waals surface area contributed by atoms with Gasteiger partial charge in [0.05, 0.1) is 24.7 Å². The molecule has 2 rings (SSSR count). The van der Waals surface area contributed by atoms with Crippen molar-refractivity contribution in [3.63, 3.8) is 0 Å². The highest BCUT2D eigenvalue weighted by Crippen LogP contribution is 2.31. The minimum Gasteiger partial charge on any atom is -0.494 e. The van der Waals surface area contributed by atoms with Gasteiger partial charge in [0.25, 0.3) is 0 Å². The van der Waals surface area contributed by atoms with Gasteiger partial charge in [0.1, 0.15) is 17.1 Å². The molecule has 4 nitrogen and oxygen atoms in total. The number of benzene rings is 1. The molecule has 0 aliphatic carbocycles. The van der Waals surface area contributed by atoms with Crippen LogP contribution in [0.5, 0.6) is 5.75 Å². The van der Waals surface area contributed by atoms with Gasteiger partial charge in [-0.1, -0.05) is 0 Å². The summed E-state index contributed by atoms with van der Waals surface area (Å²) in [6.45, 7) is 0. The number of nitrogens with two attached hydrogens (primary N) is 2. The fraction of sp³-hybridized carbons (Fsp3) is 0.100. The van der Waals surface area contributed by atoms with Crippen LogP contribution in [0.4, 0.5) is 15.8 Å². The van der Waals surface area contributed by atoms with Crippen molar-refractivity contribution in [2.75, 3.05) is 18.6 Å². The van der Waals surface area contributed by atoms with Crippen LogP contribution in [-0.4, -0.2) is 12.1 Å². The van der Waals surface area contributed by atoms with Crippen molar-refractivity contribution in [1.29, 1.82) is 0 Å². The molecule has 1 aromatic heterocycles. The Kier molecular flexibility index (Phi) is 2.07. The molecule has 78 valence electrons. The molecule has 15 heavy (non-hydrogen) atoms. The average molecular weight is 207 g/mol. The smallest absolute Gasteiger partial charge is 0.148 e. The summed E-state index contributed by atoms with van der Waals surface area (Å²) in [7, 11) is 1.45. The van der Waals surface area contributed by atoms with Crippen LogP contribution >= 0.6 is 0 Å². The maximum atomic E-state index is 13.2. The predicted octanol–water partition coefficient (Wildman–Crippen LogP) is 1.55. The van der Waals surface area contributed by atoms with E-state index in [4.69, 9.17) is 16.2 Å². The van der Waals surface area contributed by atoms with Gasteiger partial charge in [0, 0.05) is 11.5 Å². The number of pyridine rings is 1. The van der Waals surface area contributed by atoms with E-state index in [1.165, 1.54) is 25.4 Å². The highest BCUT2D eigenvalue weighted by atomic mass is 19.1. The molecule has 0 saturated heterocycles. The number of nitrogen functional groups attached to an aromatic ring is 2. The third kappa shape index (κ3) is 1.41. The van der Waals surface area contributed by atoms with E-state index >= 15 is 0 Å². The van der Waals surface area contributed by atoms with Crippen molar-refractivity contribution < 1.29 is 9.13 Å². The Morgan fingerprint density at radius 3 is 2.73 bits per heavy atom. The molecule has 1 heterocycles. The number of halogens is 1. The molecular weight excluding hydrogens is 197 g/mol. The Morgan fingerprint density at radius 1 is 1.33 bits per heavy atom. The molecule has 1 aromatic carbocycles. The molecule has 5 heteroatoms. The molecule has 0 aliphatic heterocycles. The second kappa shape index (κ2) is 3.27. The molecule has 4 N–H and O–H groups in total. The third-order valence-corrected chi connectivity index (χ3v) is 2.19. The molecule has 0 fully saturated rings. The number of hydrogen-bond acceptors (Lipinski definition) is 4. The number of methoxy groups -OCH3 is 1. The number of fused-ring (bicyclic) bond motifs is 1. The second-order valence-corrected chi connectivity index (χ2v) is 3.13. The minimum absolute atomic E-state index is 0.317. The van der Waals surface area contributed by atoms with Crippen molar-refractivity contribution in [2.24, 2.45) is 0 Å². The van der Waals surface area contributed by atoms with Crippen LogP contribution in [0.15, 0.2) is 18.3 Å². The van der Waals surface area contributed by atoms with Crippen LogP contribution in [0.2, 0.25) is 0 Å². The zero-order valence-corrected chi connectivity index (χ0v) is 8.12. The van der Waals surface area contributed by atoms with Crippen LogP contribution in [-0.2, 0) is 0 Å². The van der Waals surface area contributed by atoms with Crippen molar-refractivity contribution in [3.8, 4) is 5.75 Å². The van der Waals surface area contributed by atoms with Crippen LogP contribution in [0.1, 0.15) is 0 Å². The molecule has 0 unspecified atom stereocenters. The van der Waals surface area contributed by atoms with Gasteiger partial charge in [-0.25, -0.2) is 4.39 Å². The lowest BCUT2D eigenvalue weighted by Gasteiger charge is -2.08. The van der Waals surface area contributed by atoms with Crippen LogP contribution in [0.3, 0.4) is 0 Å². The first-order chi connectivity index (χ1) is 7.13. The summed E-state index contributed by atoms with van der Waals surface area (Å²) in [4.78, 5) is 4.06. The topological polar surface area (TPSA) is 74.2 Å². The highest BCUT2D eigenvalue weighted by molar-refractivity contribution is 5.98. The Hall–Kier alpha value is -2.04. The van der Waals surface area contributed by atoms with E-state index in [2.05, 4.69) is 4.98 Å².